The third-order valence-electron chi connectivity index (χ3n) is 7.68. The number of rotatable bonds is 6. The van der Waals surface area contributed by atoms with Gasteiger partial charge in [0.25, 0.3) is 0 Å². The number of aliphatic hydroxyl groups is 1. The molecule has 41 heavy (non-hydrogen) atoms. The standard InChI is InChI=1S/C29H37ClF4N6O/c1-3-12-35-27(20(2)29(32,33)34)39-14-6-13-38(16-17-39)26-18-25(21-8-10-23(30)24(31)11-9-21)36-28(37-26)40-15-5-4-7-22(40)19-41/h3,9,11-12,18,21-22,41H,2,4-8,10,13-17,19H2,1H3/b12-3-,35-27?. The maximum absolute atomic E-state index is 14.2. The highest BCUT2D eigenvalue weighted by molar-refractivity contribution is 6.30. The van der Waals surface area contributed by atoms with E-state index in [4.69, 9.17) is 21.6 Å². The van der Waals surface area contributed by atoms with Crippen molar-refractivity contribution < 1.29 is 22.7 Å². The van der Waals surface area contributed by atoms with Crippen molar-refractivity contribution in [2.45, 2.75) is 63.6 Å². The molecular weight excluding hydrogens is 560 g/mol. The van der Waals surface area contributed by atoms with Crippen LogP contribution in [0.5, 0.6) is 0 Å². The van der Waals surface area contributed by atoms with Crippen LogP contribution in [0.4, 0.5) is 29.3 Å². The fraction of sp³-hybridized carbons (Fsp3) is 0.552. The number of piperidine rings is 1. The Kier molecular flexibility index (Phi) is 10.5. The Bertz CT molecular complexity index is 1210. The number of aromatic nitrogens is 2. The summed E-state index contributed by atoms with van der Waals surface area (Å²) in [7, 11) is 0. The summed E-state index contributed by atoms with van der Waals surface area (Å²) in [6.45, 7) is 7.29. The van der Waals surface area contributed by atoms with E-state index >= 15 is 0 Å². The summed E-state index contributed by atoms with van der Waals surface area (Å²) < 4.78 is 55.0. The van der Waals surface area contributed by atoms with Crippen LogP contribution < -0.4 is 9.80 Å². The van der Waals surface area contributed by atoms with Crippen molar-refractivity contribution in [2.75, 3.05) is 49.1 Å². The zero-order valence-corrected chi connectivity index (χ0v) is 24.0. The summed E-state index contributed by atoms with van der Waals surface area (Å²) in [4.78, 5) is 19.6. The smallest absolute Gasteiger partial charge is 0.394 e. The highest BCUT2D eigenvalue weighted by Gasteiger charge is 2.38. The number of amidine groups is 1. The lowest BCUT2D eigenvalue weighted by atomic mass is 9.99. The maximum Gasteiger partial charge on any atom is 0.419 e. The predicted octanol–water partition coefficient (Wildman–Crippen LogP) is 6.24. The van der Waals surface area contributed by atoms with Crippen molar-refractivity contribution in [3.63, 3.8) is 0 Å². The summed E-state index contributed by atoms with van der Waals surface area (Å²) in [6.07, 6.45) is 5.76. The summed E-state index contributed by atoms with van der Waals surface area (Å²) in [5.41, 5.74) is -0.264. The summed E-state index contributed by atoms with van der Waals surface area (Å²) in [5.74, 6) is 0.301. The van der Waals surface area contributed by atoms with E-state index in [1.54, 1.807) is 24.0 Å². The SMILES string of the molecule is C=C(C(=N/C=C\C)N1CCCN(c2cc(C3C=CC(F)=C(Cl)CC3)nc(N3CCCCC3CO)n2)CC1)C(F)(F)F. The van der Waals surface area contributed by atoms with E-state index in [1.807, 2.05) is 15.9 Å². The third kappa shape index (κ3) is 7.68. The molecule has 1 aromatic heterocycles. The molecule has 7 nitrogen and oxygen atoms in total. The molecule has 0 spiro atoms. The highest BCUT2D eigenvalue weighted by atomic mass is 35.5. The second kappa shape index (κ2) is 13.8. The van der Waals surface area contributed by atoms with Crippen molar-refractivity contribution in [2.24, 2.45) is 4.99 Å². The number of anilines is 2. The molecule has 3 aliphatic rings. The molecule has 2 atom stereocenters. The molecule has 4 rings (SSSR count). The Balaban J connectivity index is 1.65. The first-order chi connectivity index (χ1) is 19.6. The van der Waals surface area contributed by atoms with E-state index < -0.39 is 17.6 Å². The predicted molar refractivity (Wildman–Crippen MR) is 155 cm³/mol. The van der Waals surface area contributed by atoms with Crippen LogP contribution in [0, 0.1) is 0 Å². The van der Waals surface area contributed by atoms with Gasteiger partial charge in [-0.15, -0.1) is 0 Å². The topological polar surface area (TPSA) is 68.1 Å². The molecule has 1 N–H and O–H groups in total. The van der Waals surface area contributed by atoms with Gasteiger partial charge in [-0.1, -0.05) is 30.3 Å². The summed E-state index contributed by atoms with van der Waals surface area (Å²) in [6, 6.07) is 1.77. The van der Waals surface area contributed by atoms with Gasteiger partial charge in [0, 0.05) is 50.9 Å². The van der Waals surface area contributed by atoms with E-state index in [9.17, 15) is 22.7 Å². The molecule has 2 unspecified atom stereocenters. The number of hydrogen-bond acceptors (Lipinski definition) is 6. The van der Waals surface area contributed by atoms with E-state index in [0.717, 1.165) is 19.3 Å². The Morgan fingerprint density at radius 1 is 1.15 bits per heavy atom. The molecule has 12 heteroatoms. The Hall–Kier alpha value is -2.92. The molecule has 1 aromatic rings. The lowest BCUT2D eigenvalue weighted by Crippen LogP contribution is -2.43. The van der Waals surface area contributed by atoms with Crippen LogP contribution in [0.2, 0.25) is 0 Å². The first-order valence-corrected chi connectivity index (χ1v) is 14.4. The lowest BCUT2D eigenvalue weighted by molar-refractivity contribution is -0.0866. The lowest BCUT2D eigenvalue weighted by Gasteiger charge is -2.35. The first kappa shape index (κ1) is 31.0. The van der Waals surface area contributed by atoms with Gasteiger partial charge in [0.15, 0.2) is 0 Å². The van der Waals surface area contributed by atoms with Gasteiger partial charge in [-0.3, -0.25) is 0 Å². The van der Waals surface area contributed by atoms with Gasteiger partial charge < -0.3 is 19.8 Å². The number of allylic oxidation sites excluding steroid dienone is 5. The average Bonchev–Trinajstić information content (AvgIpc) is 3.31. The van der Waals surface area contributed by atoms with Crippen molar-refractivity contribution in [3.8, 4) is 0 Å². The van der Waals surface area contributed by atoms with Crippen LogP contribution in [-0.4, -0.2) is 77.4 Å². The van der Waals surface area contributed by atoms with Crippen LogP contribution in [-0.2, 0) is 0 Å². The van der Waals surface area contributed by atoms with Gasteiger partial charge in [0.2, 0.25) is 5.95 Å². The minimum absolute atomic E-state index is 0.0208. The van der Waals surface area contributed by atoms with Crippen molar-refractivity contribution in [1.82, 2.24) is 14.9 Å². The zero-order valence-electron chi connectivity index (χ0n) is 23.3. The largest absolute Gasteiger partial charge is 0.419 e. The minimum Gasteiger partial charge on any atom is -0.394 e. The van der Waals surface area contributed by atoms with Gasteiger partial charge in [-0.05, 0) is 51.5 Å². The van der Waals surface area contributed by atoms with E-state index in [0.29, 0.717) is 62.9 Å². The van der Waals surface area contributed by atoms with Gasteiger partial charge >= 0.3 is 6.18 Å². The number of aliphatic imine (C=N–C) groups is 1. The van der Waals surface area contributed by atoms with Crippen molar-refractivity contribution in [3.05, 3.63) is 59.2 Å². The Morgan fingerprint density at radius 2 is 1.95 bits per heavy atom. The molecule has 3 heterocycles. The normalized spacial score (nSPS) is 23.3. The number of aliphatic hydroxyl groups excluding tert-OH is 1. The van der Waals surface area contributed by atoms with Crippen LogP contribution in [0.25, 0.3) is 0 Å². The number of hydrogen-bond donors (Lipinski definition) is 1. The van der Waals surface area contributed by atoms with Crippen LogP contribution in [0.15, 0.2) is 58.5 Å². The summed E-state index contributed by atoms with van der Waals surface area (Å²) in [5, 5.41) is 10.2. The fourth-order valence-electron chi connectivity index (χ4n) is 5.39. The van der Waals surface area contributed by atoms with Crippen LogP contribution in [0.1, 0.15) is 57.1 Å². The zero-order chi connectivity index (χ0) is 29.6. The number of halogens is 5. The quantitative estimate of drug-likeness (QED) is 0.238. The first-order valence-electron chi connectivity index (χ1n) is 14.1. The minimum atomic E-state index is -4.59. The summed E-state index contributed by atoms with van der Waals surface area (Å²) >= 11 is 6.09. The molecule has 0 radical (unpaired) electrons. The second-order valence-corrected chi connectivity index (χ2v) is 10.9. The Labute approximate surface area is 243 Å². The molecule has 1 aliphatic carbocycles. The van der Waals surface area contributed by atoms with Crippen LogP contribution >= 0.6 is 11.6 Å². The van der Waals surface area contributed by atoms with E-state index in [2.05, 4.69) is 11.6 Å². The van der Waals surface area contributed by atoms with Gasteiger partial charge in [0.1, 0.15) is 17.5 Å². The van der Waals surface area contributed by atoms with Gasteiger partial charge in [-0.2, -0.15) is 18.2 Å². The van der Waals surface area contributed by atoms with Crippen LogP contribution in [0.3, 0.4) is 0 Å². The number of nitrogens with zero attached hydrogens (tertiary/aromatic N) is 6. The Morgan fingerprint density at radius 3 is 2.68 bits per heavy atom. The monoisotopic (exact) mass is 596 g/mol. The second-order valence-electron chi connectivity index (χ2n) is 10.5. The maximum atomic E-state index is 14.2. The molecule has 0 saturated carbocycles. The van der Waals surface area contributed by atoms with Gasteiger partial charge in [0.05, 0.1) is 28.9 Å². The fourth-order valence-corrected chi connectivity index (χ4v) is 5.56. The molecule has 2 saturated heterocycles. The van der Waals surface area contributed by atoms with Crippen molar-refractivity contribution in [1.29, 1.82) is 0 Å². The number of alkyl halides is 3. The van der Waals surface area contributed by atoms with E-state index in [-0.39, 0.29) is 36.0 Å². The molecular formula is C29H37ClF4N6O. The molecule has 2 fully saturated rings. The van der Waals surface area contributed by atoms with E-state index in [1.165, 1.54) is 12.3 Å². The molecule has 0 aromatic carbocycles. The highest BCUT2D eigenvalue weighted by Crippen LogP contribution is 2.34. The van der Waals surface area contributed by atoms with Crippen molar-refractivity contribution >= 4 is 29.2 Å². The third-order valence-corrected chi connectivity index (χ3v) is 8.05. The van der Waals surface area contributed by atoms with Gasteiger partial charge in [-0.25, -0.2) is 14.4 Å². The molecule has 2 aliphatic heterocycles. The molecule has 0 bridgehead atoms. The molecule has 0 amide bonds. The average molecular weight is 597 g/mol. The molecule has 224 valence electrons.